The molecule has 3 aromatic rings. The number of H-pyrrole nitrogens is 1. The summed E-state index contributed by atoms with van der Waals surface area (Å²) in [5.41, 5.74) is 1.26. The summed E-state index contributed by atoms with van der Waals surface area (Å²) in [6.45, 7) is 0. The van der Waals surface area contributed by atoms with Crippen LogP contribution in [0.2, 0.25) is 10.0 Å². The van der Waals surface area contributed by atoms with Crippen molar-refractivity contribution in [3.8, 4) is 0 Å². The number of hydrogen-bond acceptors (Lipinski definition) is 7. The molecule has 0 saturated heterocycles. The average molecular weight is 419 g/mol. The number of hydrogen-bond donors (Lipinski definition) is 2. The summed E-state index contributed by atoms with van der Waals surface area (Å²) >= 11 is 12.5. The molecular weight excluding hydrogens is 403 g/mol. The fourth-order valence-electron chi connectivity index (χ4n) is 2.43. The third-order valence-electron chi connectivity index (χ3n) is 3.80. The third kappa shape index (κ3) is 4.30. The van der Waals surface area contributed by atoms with E-state index in [1.165, 1.54) is 12.2 Å². The Kier molecular flexibility index (Phi) is 6.25. The molecule has 0 atom stereocenters. The first-order chi connectivity index (χ1) is 13.5. The van der Waals surface area contributed by atoms with E-state index in [1.54, 1.807) is 49.8 Å². The predicted molar refractivity (Wildman–Crippen MR) is 110 cm³/mol. The molecule has 0 unspecified atom stereocenters. The van der Waals surface area contributed by atoms with Gasteiger partial charge in [-0.05, 0) is 18.2 Å². The second-order valence-electron chi connectivity index (χ2n) is 5.55. The van der Waals surface area contributed by atoms with E-state index in [0.29, 0.717) is 45.0 Å². The van der Waals surface area contributed by atoms with Gasteiger partial charge in [0.1, 0.15) is 0 Å². The maximum absolute atomic E-state index is 11.7. The van der Waals surface area contributed by atoms with E-state index >= 15 is 0 Å². The minimum atomic E-state index is 0.290. The highest BCUT2D eigenvalue weighted by Gasteiger charge is 2.15. The number of aromatic nitrogens is 4. The topological polar surface area (TPSA) is 96.0 Å². The molecule has 0 bridgehead atoms. The summed E-state index contributed by atoms with van der Waals surface area (Å²) in [4.78, 5) is 25.7. The molecule has 2 heterocycles. The van der Waals surface area contributed by atoms with Crippen LogP contribution in [0.5, 0.6) is 0 Å². The molecule has 8 nitrogen and oxygen atoms in total. The molecule has 2 aromatic heterocycles. The smallest absolute Gasteiger partial charge is 0.230 e. The lowest BCUT2D eigenvalue weighted by Gasteiger charge is -2.18. The fourth-order valence-corrected chi connectivity index (χ4v) is 3.05. The maximum atomic E-state index is 11.7. The molecule has 1 aromatic carbocycles. The van der Waals surface area contributed by atoms with Crippen LogP contribution in [0.3, 0.4) is 0 Å². The second-order valence-corrected chi connectivity index (χ2v) is 6.37. The van der Waals surface area contributed by atoms with Crippen molar-refractivity contribution in [1.82, 2.24) is 20.2 Å². The minimum absolute atomic E-state index is 0.290. The van der Waals surface area contributed by atoms with E-state index in [9.17, 15) is 4.79 Å². The number of carbonyl (C=O) groups excluding carboxylic acids is 1. The van der Waals surface area contributed by atoms with Crippen molar-refractivity contribution in [3.05, 3.63) is 57.8 Å². The first kappa shape index (κ1) is 19.8. The zero-order valence-electron chi connectivity index (χ0n) is 15.0. The Morgan fingerprint density at radius 2 is 2.04 bits per heavy atom. The molecule has 0 amide bonds. The Bertz CT molecular complexity index is 987. The summed E-state index contributed by atoms with van der Waals surface area (Å²) in [6, 6.07) is 6.77. The molecule has 0 radical (unpaired) electrons. The number of benzene rings is 1. The average Bonchev–Trinajstić information content (AvgIpc) is 3.20. The number of allylic oxidation sites excluding steroid dienone is 1. The monoisotopic (exact) mass is 418 g/mol. The maximum Gasteiger partial charge on any atom is 0.230 e. The molecule has 2 N–H and O–H groups in total. The van der Waals surface area contributed by atoms with Gasteiger partial charge < -0.3 is 5.32 Å². The Labute approximate surface area is 171 Å². The van der Waals surface area contributed by atoms with Gasteiger partial charge in [-0.3, -0.25) is 14.7 Å². The van der Waals surface area contributed by atoms with Crippen LogP contribution in [-0.4, -0.2) is 40.6 Å². The lowest BCUT2D eigenvalue weighted by atomic mass is 10.0. The van der Waals surface area contributed by atoms with Crippen LogP contribution in [0.25, 0.3) is 11.6 Å². The number of nitrogens with one attached hydrogen (secondary N) is 2. The van der Waals surface area contributed by atoms with Crippen molar-refractivity contribution in [2.75, 3.05) is 24.5 Å². The Hall–Kier alpha value is -2.94. The van der Waals surface area contributed by atoms with Crippen LogP contribution >= 0.6 is 23.2 Å². The molecule has 0 aliphatic rings. The zero-order chi connectivity index (χ0) is 20.1. The van der Waals surface area contributed by atoms with E-state index in [0.717, 1.165) is 0 Å². The number of anilines is 3. The standard InChI is InChI=1S/C18H16Cl2N6O2/c1-26(28-2)17-11(9-21-18(24-17)23-15-6-7-22-25-15)8-12(10-27)16-13(19)4-3-5-14(16)20/h3-10H,1-2H3,(H2,21,22,23,24,25)/b12-8+. The highest BCUT2D eigenvalue weighted by molar-refractivity contribution is 6.40. The van der Waals surface area contributed by atoms with Gasteiger partial charge in [0.15, 0.2) is 17.9 Å². The normalized spacial score (nSPS) is 11.4. The van der Waals surface area contributed by atoms with Crippen LogP contribution in [0.15, 0.2) is 36.7 Å². The van der Waals surface area contributed by atoms with E-state index in [2.05, 4.69) is 25.5 Å². The van der Waals surface area contributed by atoms with Crippen LogP contribution in [-0.2, 0) is 9.63 Å². The molecule has 0 aliphatic heterocycles. The van der Waals surface area contributed by atoms with Crippen LogP contribution in [0, 0.1) is 0 Å². The summed E-state index contributed by atoms with van der Waals surface area (Å²) < 4.78 is 0. The van der Waals surface area contributed by atoms with Gasteiger partial charge in [-0.2, -0.15) is 10.1 Å². The number of rotatable bonds is 7. The lowest BCUT2D eigenvalue weighted by molar-refractivity contribution is -0.103. The summed E-state index contributed by atoms with van der Waals surface area (Å²) in [6.07, 6.45) is 5.51. The van der Waals surface area contributed by atoms with E-state index in [-0.39, 0.29) is 5.57 Å². The highest BCUT2D eigenvalue weighted by Crippen LogP contribution is 2.32. The third-order valence-corrected chi connectivity index (χ3v) is 4.43. The van der Waals surface area contributed by atoms with Gasteiger partial charge in [0.25, 0.3) is 0 Å². The second kappa shape index (κ2) is 8.83. The van der Waals surface area contributed by atoms with Crippen LogP contribution in [0.4, 0.5) is 17.6 Å². The summed E-state index contributed by atoms with van der Waals surface area (Å²) in [5.74, 6) is 1.30. The Balaban J connectivity index is 2.06. The van der Waals surface area contributed by atoms with Gasteiger partial charge in [-0.25, -0.2) is 10.0 Å². The Morgan fingerprint density at radius 1 is 1.29 bits per heavy atom. The van der Waals surface area contributed by atoms with Gasteiger partial charge in [0.2, 0.25) is 5.95 Å². The molecular formula is C18H16Cl2N6O2. The van der Waals surface area contributed by atoms with Crippen LogP contribution < -0.4 is 10.4 Å². The number of halogens is 2. The number of aldehydes is 1. The van der Waals surface area contributed by atoms with Gasteiger partial charge in [-0.15, -0.1) is 0 Å². The van der Waals surface area contributed by atoms with Crippen LogP contribution in [0.1, 0.15) is 11.1 Å². The van der Waals surface area contributed by atoms with Gasteiger partial charge >= 0.3 is 0 Å². The molecule has 28 heavy (non-hydrogen) atoms. The number of nitrogens with zero attached hydrogens (tertiary/aromatic N) is 4. The largest absolute Gasteiger partial charge is 0.307 e. The summed E-state index contributed by atoms with van der Waals surface area (Å²) in [7, 11) is 3.18. The molecule has 10 heteroatoms. The van der Waals surface area contributed by atoms with E-state index in [1.807, 2.05) is 0 Å². The van der Waals surface area contributed by atoms with Gasteiger partial charge in [-0.1, -0.05) is 29.3 Å². The van der Waals surface area contributed by atoms with E-state index in [4.69, 9.17) is 28.0 Å². The van der Waals surface area contributed by atoms with Gasteiger partial charge in [0, 0.05) is 42.2 Å². The minimum Gasteiger partial charge on any atom is -0.307 e. The number of aromatic amines is 1. The van der Waals surface area contributed by atoms with Crippen molar-refractivity contribution in [1.29, 1.82) is 0 Å². The molecule has 3 rings (SSSR count). The molecule has 0 spiro atoms. The number of carbonyl (C=O) groups is 1. The highest BCUT2D eigenvalue weighted by atomic mass is 35.5. The van der Waals surface area contributed by atoms with Crippen molar-refractivity contribution < 1.29 is 9.63 Å². The van der Waals surface area contributed by atoms with Crippen molar-refractivity contribution >= 4 is 58.7 Å². The Morgan fingerprint density at radius 3 is 2.64 bits per heavy atom. The summed E-state index contributed by atoms with van der Waals surface area (Å²) in [5, 5.41) is 11.8. The lowest BCUT2D eigenvalue weighted by Crippen LogP contribution is -2.18. The molecule has 144 valence electrons. The fraction of sp³-hybridized carbons (Fsp3) is 0.111. The van der Waals surface area contributed by atoms with Gasteiger partial charge in [0.05, 0.1) is 17.2 Å². The first-order valence-corrected chi connectivity index (χ1v) is 8.82. The van der Waals surface area contributed by atoms with Crippen molar-refractivity contribution in [3.63, 3.8) is 0 Å². The zero-order valence-corrected chi connectivity index (χ0v) is 16.5. The molecule has 0 saturated carbocycles. The number of hydroxylamine groups is 1. The quantitative estimate of drug-likeness (QED) is 0.340. The van der Waals surface area contributed by atoms with Crippen molar-refractivity contribution in [2.24, 2.45) is 0 Å². The molecule has 0 fully saturated rings. The first-order valence-electron chi connectivity index (χ1n) is 8.06. The van der Waals surface area contributed by atoms with E-state index < -0.39 is 0 Å². The molecule has 0 aliphatic carbocycles. The van der Waals surface area contributed by atoms with Crippen molar-refractivity contribution in [2.45, 2.75) is 0 Å². The predicted octanol–water partition coefficient (Wildman–Crippen LogP) is 3.99. The SMILES string of the molecule is CON(C)c1nc(Nc2cc[nH]n2)ncc1/C=C(\C=O)c1c(Cl)cccc1Cl.